The van der Waals surface area contributed by atoms with Crippen LogP contribution in [0.15, 0.2) is 72.8 Å². The molecule has 0 bridgehead atoms. The van der Waals surface area contributed by atoms with Gasteiger partial charge in [0.2, 0.25) is 11.7 Å². The number of hydrogen-bond acceptors (Lipinski definition) is 6. The van der Waals surface area contributed by atoms with Crippen LogP contribution in [0.3, 0.4) is 0 Å². The number of nitro groups is 1. The first-order valence-electron chi connectivity index (χ1n) is 13.7. The first-order valence-corrected chi connectivity index (χ1v) is 13.7. The summed E-state index contributed by atoms with van der Waals surface area (Å²) in [5, 5.41) is 14.4. The van der Waals surface area contributed by atoms with Crippen molar-refractivity contribution in [1.29, 1.82) is 0 Å². The predicted octanol–water partition coefficient (Wildman–Crippen LogP) is 5.21. The molecule has 0 heterocycles. The van der Waals surface area contributed by atoms with E-state index in [0.717, 1.165) is 37.7 Å². The number of carbonyl (C=O) groups is 2. The number of carbonyl (C=O) groups excluding carboxylic acids is 2. The molecule has 2 amide bonds. The molecule has 9 nitrogen and oxygen atoms in total. The Balaban J connectivity index is 1.61. The molecule has 3 aromatic carbocycles. The molecule has 0 spiro atoms. The summed E-state index contributed by atoms with van der Waals surface area (Å²) in [5.74, 6) is -0.928. The molecule has 0 aliphatic heterocycles. The van der Waals surface area contributed by atoms with E-state index in [1.165, 1.54) is 42.3 Å². The number of rotatable bonds is 12. The van der Waals surface area contributed by atoms with Crippen LogP contribution in [0.2, 0.25) is 0 Å². The van der Waals surface area contributed by atoms with Gasteiger partial charge >= 0.3 is 5.69 Å². The van der Waals surface area contributed by atoms with Gasteiger partial charge in [0.25, 0.3) is 5.91 Å². The fraction of sp³-hybridized carbons (Fsp3) is 0.355. The minimum atomic E-state index is -0.855. The highest BCUT2D eigenvalue weighted by atomic mass is 19.1. The van der Waals surface area contributed by atoms with Gasteiger partial charge in [0, 0.05) is 31.1 Å². The molecule has 3 aromatic rings. The Kier molecular flexibility index (Phi) is 10.3. The highest BCUT2D eigenvalue weighted by Gasteiger charge is 2.32. The van der Waals surface area contributed by atoms with Crippen molar-refractivity contribution in [2.45, 2.75) is 57.2 Å². The van der Waals surface area contributed by atoms with Crippen molar-refractivity contribution in [2.24, 2.45) is 0 Å². The van der Waals surface area contributed by atoms with Crippen molar-refractivity contribution < 1.29 is 28.4 Å². The van der Waals surface area contributed by atoms with Gasteiger partial charge in [-0.1, -0.05) is 61.7 Å². The third-order valence-electron chi connectivity index (χ3n) is 7.20. The summed E-state index contributed by atoms with van der Waals surface area (Å²) in [6, 6.07) is 18.4. The Morgan fingerprint density at radius 1 is 1.02 bits per heavy atom. The van der Waals surface area contributed by atoms with E-state index in [-0.39, 0.29) is 42.1 Å². The van der Waals surface area contributed by atoms with Crippen LogP contribution in [0, 0.1) is 15.9 Å². The smallest absolute Gasteiger partial charge is 0.311 e. The number of nitrogens with one attached hydrogen (secondary N) is 1. The van der Waals surface area contributed by atoms with Crippen LogP contribution in [0.5, 0.6) is 11.5 Å². The third kappa shape index (κ3) is 8.26. The topological polar surface area (TPSA) is 111 Å². The number of ether oxygens (including phenoxy) is 2. The molecule has 4 rings (SSSR count). The molecule has 0 saturated heterocycles. The summed E-state index contributed by atoms with van der Waals surface area (Å²) in [6.45, 7) is -0.369. The summed E-state index contributed by atoms with van der Waals surface area (Å²) in [5.41, 5.74) is 1.31. The highest BCUT2D eigenvalue weighted by Crippen LogP contribution is 2.31. The minimum absolute atomic E-state index is 0.00284. The lowest BCUT2D eigenvalue weighted by atomic mass is 9.94. The maximum absolute atomic E-state index is 13.8. The Labute approximate surface area is 238 Å². The van der Waals surface area contributed by atoms with Gasteiger partial charge in [-0.15, -0.1) is 0 Å². The second-order valence-electron chi connectivity index (χ2n) is 10.1. The number of methoxy groups -OCH3 is 1. The second-order valence-corrected chi connectivity index (χ2v) is 10.1. The lowest BCUT2D eigenvalue weighted by Crippen LogP contribution is -2.53. The van der Waals surface area contributed by atoms with Gasteiger partial charge in [0.15, 0.2) is 6.61 Å². The summed E-state index contributed by atoms with van der Waals surface area (Å²) in [6.07, 6.45) is 5.27. The molecule has 0 aromatic heterocycles. The fourth-order valence-corrected chi connectivity index (χ4v) is 5.01. The quantitative estimate of drug-likeness (QED) is 0.239. The van der Waals surface area contributed by atoms with Crippen molar-refractivity contribution in [3.05, 3.63) is 99.9 Å². The normalized spacial score (nSPS) is 14.1. The number of amides is 2. The van der Waals surface area contributed by atoms with Gasteiger partial charge in [-0.2, -0.15) is 0 Å². The molecule has 0 unspecified atom stereocenters. The number of halogens is 1. The molecular weight excluding hydrogens is 529 g/mol. The standard InChI is InChI=1S/C31H34FN3O6/c1-40-29-19-26(16-17-27(29)35(38)39)41-21-30(36)34(20-23-12-14-24(32)15-13-23)28(18-22-8-4-2-5-9-22)31(37)33-25-10-6-3-7-11-25/h2,4-5,8-9,12-17,19,25,28H,3,6-7,10-11,18,20-21H2,1H3,(H,33,37)/t28-/m1/s1. The first kappa shape index (κ1) is 29.5. The van der Waals surface area contributed by atoms with Crippen LogP contribution in [0.1, 0.15) is 43.2 Å². The molecule has 1 N–H and O–H groups in total. The summed E-state index contributed by atoms with van der Waals surface area (Å²) >= 11 is 0. The number of benzene rings is 3. The van der Waals surface area contributed by atoms with E-state index in [1.807, 2.05) is 30.3 Å². The largest absolute Gasteiger partial charge is 0.490 e. The molecule has 216 valence electrons. The molecule has 1 aliphatic carbocycles. The number of hydrogen-bond donors (Lipinski definition) is 1. The van der Waals surface area contributed by atoms with Gasteiger partial charge < -0.3 is 19.7 Å². The predicted molar refractivity (Wildman–Crippen MR) is 151 cm³/mol. The van der Waals surface area contributed by atoms with Crippen LogP contribution in [-0.2, 0) is 22.6 Å². The summed E-state index contributed by atoms with van der Waals surface area (Å²) in [7, 11) is 1.31. The average Bonchev–Trinajstić information content (AvgIpc) is 2.99. The minimum Gasteiger partial charge on any atom is -0.490 e. The van der Waals surface area contributed by atoms with E-state index in [2.05, 4.69) is 5.32 Å². The zero-order valence-corrected chi connectivity index (χ0v) is 23.0. The zero-order chi connectivity index (χ0) is 29.2. The van der Waals surface area contributed by atoms with E-state index >= 15 is 0 Å². The maximum atomic E-state index is 13.8. The molecular formula is C31H34FN3O6. The van der Waals surface area contributed by atoms with E-state index < -0.39 is 29.3 Å². The van der Waals surface area contributed by atoms with E-state index in [0.29, 0.717) is 5.56 Å². The fourth-order valence-electron chi connectivity index (χ4n) is 5.01. The Morgan fingerprint density at radius 2 is 1.73 bits per heavy atom. The monoisotopic (exact) mass is 563 g/mol. The number of nitrogens with zero attached hydrogens (tertiary/aromatic N) is 2. The lowest BCUT2D eigenvalue weighted by Gasteiger charge is -2.33. The SMILES string of the molecule is COc1cc(OCC(=O)N(Cc2ccc(F)cc2)[C@H](Cc2ccccc2)C(=O)NC2CCCCC2)ccc1[N+](=O)[O-]. The molecule has 0 radical (unpaired) electrons. The van der Waals surface area contributed by atoms with Gasteiger partial charge in [-0.25, -0.2) is 4.39 Å². The van der Waals surface area contributed by atoms with Gasteiger partial charge in [-0.05, 0) is 42.2 Å². The van der Waals surface area contributed by atoms with Crippen LogP contribution in [0.4, 0.5) is 10.1 Å². The van der Waals surface area contributed by atoms with E-state index in [9.17, 15) is 24.1 Å². The number of nitro benzene ring substituents is 1. The van der Waals surface area contributed by atoms with Crippen molar-refractivity contribution in [1.82, 2.24) is 10.2 Å². The first-order chi connectivity index (χ1) is 19.8. The van der Waals surface area contributed by atoms with Crippen molar-refractivity contribution >= 4 is 17.5 Å². The van der Waals surface area contributed by atoms with Crippen LogP contribution in [0.25, 0.3) is 0 Å². The molecule has 10 heteroatoms. The summed E-state index contributed by atoms with van der Waals surface area (Å²) in [4.78, 5) is 39.7. The van der Waals surface area contributed by atoms with Crippen molar-refractivity contribution in [3.63, 3.8) is 0 Å². The molecule has 1 aliphatic rings. The van der Waals surface area contributed by atoms with Crippen molar-refractivity contribution in [2.75, 3.05) is 13.7 Å². The average molecular weight is 564 g/mol. The van der Waals surface area contributed by atoms with Gasteiger partial charge in [0.05, 0.1) is 12.0 Å². The molecule has 41 heavy (non-hydrogen) atoms. The third-order valence-corrected chi connectivity index (χ3v) is 7.20. The zero-order valence-electron chi connectivity index (χ0n) is 23.0. The molecule has 1 atom stereocenters. The maximum Gasteiger partial charge on any atom is 0.311 e. The van der Waals surface area contributed by atoms with Crippen LogP contribution < -0.4 is 14.8 Å². The second kappa shape index (κ2) is 14.2. The van der Waals surface area contributed by atoms with Crippen molar-refractivity contribution in [3.8, 4) is 11.5 Å². The molecule has 1 fully saturated rings. The van der Waals surface area contributed by atoms with Crippen LogP contribution >= 0.6 is 0 Å². The van der Waals surface area contributed by atoms with E-state index in [4.69, 9.17) is 9.47 Å². The summed E-state index contributed by atoms with van der Waals surface area (Å²) < 4.78 is 24.5. The van der Waals surface area contributed by atoms with Crippen LogP contribution in [-0.4, -0.2) is 47.4 Å². The Bertz CT molecular complexity index is 1330. The Hall–Kier alpha value is -4.47. The lowest BCUT2D eigenvalue weighted by molar-refractivity contribution is -0.385. The highest BCUT2D eigenvalue weighted by molar-refractivity contribution is 5.88. The Morgan fingerprint density at radius 3 is 2.39 bits per heavy atom. The van der Waals surface area contributed by atoms with Gasteiger partial charge in [-0.3, -0.25) is 19.7 Å². The molecule has 1 saturated carbocycles. The van der Waals surface area contributed by atoms with E-state index in [1.54, 1.807) is 12.1 Å². The van der Waals surface area contributed by atoms with Gasteiger partial charge in [0.1, 0.15) is 17.6 Å².